The molecular weight excluding hydrogens is 358 g/mol. The van der Waals surface area contributed by atoms with E-state index in [9.17, 15) is 9.59 Å². The van der Waals surface area contributed by atoms with Gasteiger partial charge in [-0.05, 0) is 48.9 Å². The minimum Gasteiger partial charge on any atom is -0.348 e. The fourth-order valence-electron chi connectivity index (χ4n) is 3.37. The van der Waals surface area contributed by atoms with Crippen LogP contribution >= 0.6 is 24.2 Å². The fourth-order valence-corrected chi connectivity index (χ4v) is 3.79. The van der Waals surface area contributed by atoms with Crippen molar-refractivity contribution in [3.8, 4) is 0 Å². The molecule has 1 amide bonds. The van der Waals surface area contributed by atoms with Gasteiger partial charge in [0, 0.05) is 32.4 Å². The van der Waals surface area contributed by atoms with Gasteiger partial charge in [-0.25, -0.2) is 0 Å². The van der Waals surface area contributed by atoms with Crippen molar-refractivity contribution >= 4 is 30.1 Å². The van der Waals surface area contributed by atoms with Gasteiger partial charge in [0.05, 0.1) is 0 Å². The number of carbonyl (C=O) groups excluding carboxylic acids is 1. The molecule has 2 rings (SSSR count). The summed E-state index contributed by atoms with van der Waals surface area (Å²) in [4.78, 5) is 27.1. The van der Waals surface area contributed by atoms with E-state index in [1.807, 2.05) is 11.8 Å². The number of amides is 1. The van der Waals surface area contributed by atoms with E-state index in [-0.39, 0.29) is 35.5 Å². The Labute approximate surface area is 161 Å². The van der Waals surface area contributed by atoms with Gasteiger partial charge in [-0.15, -0.1) is 12.4 Å². The number of thioether (sulfide) groups is 1. The van der Waals surface area contributed by atoms with Crippen molar-refractivity contribution in [3.63, 3.8) is 0 Å². The number of aromatic nitrogens is 1. The number of nitrogens with zero attached hydrogens (tertiary/aromatic N) is 2. The normalized spacial score (nSPS) is 20.5. The number of aryl methyl sites for hydroxylation is 1. The molecule has 0 saturated carbocycles. The number of halogens is 1. The SMILES string of the molecule is CSCCCN1C[C@H](NC(=O)c2cccn(C)c2=O)[C@@H](C(C)C)C1.Cl. The van der Waals surface area contributed by atoms with Gasteiger partial charge in [-0.2, -0.15) is 11.8 Å². The van der Waals surface area contributed by atoms with Gasteiger partial charge in [0.25, 0.3) is 11.5 Å². The van der Waals surface area contributed by atoms with E-state index in [2.05, 4.69) is 30.3 Å². The molecule has 1 aliphatic heterocycles. The van der Waals surface area contributed by atoms with Gasteiger partial charge in [0.2, 0.25) is 0 Å². The summed E-state index contributed by atoms with van der Waals surface area (Å²) in [6.45, 7) is 7.37. The Morgan fingerprint density at radius 1 is 1.40 bits per heavy atom. The summed E-state index contributed by atoms with van der Waals surface area (Å²) >= 11 is 1.87. The third-order valence-corrected chi connectivity index (χ3v) is 5.50. The first-order chi connectivity index (χ1) is 11.4. The minimum atomic E-state index is -0.252. The highest BCUT2D eigenvalue weighted by molar-refractivity contribution is 7.98. The second-order valence-corrected chi connectivity index (χ2v) is 7.92. The van der Waals surface area contributed by atoms with Crippen LogP contribution in [0.5, 0.6) is 0 Å². The van der Waals surface area contributed by atoms with Crippen LogP contribution in [0.3, 0.4) is 0 Å². The molecule has 0 aromatic carbocycles. The van der Waals surface area contributed by atoms with Crippen molar-refractivity contribution in [2.75, 3.05) is 31.6 Å². The van der Waals surface area contributed by atoms with E-state index in [1.165, 1.54) is 16.7 Å². The average Bonchev–Trinajstić information content (AvgIpc) is 2.93. The maximum atomic E-state index is 12.6. The summed E-state index contributed by atoms with van der Waals surface area (Å²) in [7, 11) is 1.67. The smallest absolute Gasteiger partial charge is 0.263 e. The Balaban J connectivity index is 0.00000312. The molecule has 5 nitrogen and oxygen atoms in total. The van der Waals surface area contributed by atoms with Crippen LogP contribution in [-0.4, -0.2) is 53.1 Å². The van der Waals surface area contributed by atoms with E-state index in [4.69, 9.17) is 0 Å². The second-order valence-electron chi connectivity index (χ2n) is 6.93. The number of likely N-dealkylation sites (tertiary alicyclic amines) is 1. The summed E-state index contributed by atoms with van der Waals surface area (Å²) in [5, 5.41) is 3.12. The maximum absolute atomic E-state index is 12.6. The predicted octanol–water partition coefficient (Wildman–Crippen LogP) is 2.25. The summed E-state index contributed by atoms with van der Waals surface area (Å²) in [6.07, 6.45) is 4.97. The van der Waals surface area contributed by atoms with Crippen LogP contribution < -0.4 is 10.9 Å². The Morgan fingerprint density at radius 2 is 2.12 bits per heavy atom. The zero-order valence-corrected chi connectivity index (χ0v) is 17.2. The van der Waals surface area contributed by atoms with Gasteiger partial charge in [0.1, 0.15) is 5.56 Å². The lowest BCUT2D eigenvalue weighted by molar-refractivity contribution is 0.0923. The number of rotatable bonds is 7. The standard InChI is InChI=1S/C18H29N3O2S.ClH/c1-13(2)15-11-21(9-6-10-24-4)12-16(15)19-17(22)14-7-5-8-20(3)18(14)23;/h5,7-8,13,15-16H,6,9-12H2,1-4H3,(H,19,22);1H/t15-,16+;/m1./s1. The maximum Gasteiger partial charge on any atom is 0.263 e. The van der Waals surface area contributed by atoms with Gasteiger partial charge < -0.3 is 14.8 Å². The molecule has 0 radical (unpaired) electrons. The molecular formula is C18H30ClN3O2S. The molecule has 25 heavy (non-hydrogen) atoms. The first-order valence-corrected chi connectivity index (χ1v) is 10.0. The van der Waals surface area contributed by atoms with Crippen LogP contribution in [0.1, 0.15) is 30.6 Å². The lowest BCUT2D eigenvalue weighted by Crippen LogP contribution is -2.44. The molecule has 1 saturated heterocycles. The predicted molar refractivity (Wildman–Crippen MR) is 108 cm³/mol. The minimum absolute atomic E-state index is 0. The molecule has 7 heteroatoms. The Hall–Kier alpha value is -0.980. The fraction of sp³-hybridized carbons (Fsp3) is 0.667. The number of hydrogen-bond acceptors (Lipinski definition) is 4. The monoisotopic (exact) mass is 387 g/mol. The van der Waals surface area contributed by atoms with Crippen LogP contribution in [0.15, 0.2) is 23.1 Å². The first-order valence-electron chi connectivity index (χ1n) is 8.61. The highest BCUT2D eigenvalue weighted by Crippen LogP contribution is 2.25. The Morgan fingerprint density at radius 3 is 2.76 bits per heavy atom. The molecule has 0 bridgehead atoms. The highest BCUT2D eigenvalue weighted by atomic mass is 35.5. The van der Waals surface area contributed by atoms with Crippen LogP contribution in [0.4, 0.5) is 0 Å². The van der Waals surface area contributed by atoms with Crippen LogP contribution in [0, 0.1) is 11.8 Å². The van der Waals surface area contributed by atoms with E-state index in [0.717, 1.165) is 19.6 Å². The molecule has 0 unspecified atom stereocenters. The highest BCUT2D eigenvalue weighted by Gasteiger charge is 2.35. The Kier molecular flexibility index (Phi) is 9.03. The second kappa shape index (κ2) is 10.2. The largest absolute Gasteiger partial charge is 0.348 e. The van der Waals surface area contributed by atoms with E-state index < -0.39 is 0 Å². The lowest BCUT2D eigenvalue weighted by Gasteiger charge is -2.23. The molecule has 2 atom stereocenters. The summed E-state index contributed by atoms with van der Waals surface area (Å²) < 4.78 is 1.44. The first kappa shape index (κ1) is 22.1. The van der Waals surface area contributed by atoms with Gasteiger partial charge in [-0.3, -0.25) is 9.59 Å². The van der Waals surface area contributed by atoms with Crippen LogP contribution in [-0.2, 0) is 7.05 Å². The molecule has 1 aliphatic rings. The topological polar surface area (TPSA) is 54.3 Å². The van der Waals surface area contributed by atoms with E-state index in [1.54, 1.807) is 25.4 Å². The molecule has 1 aromatic rings. The molecule has 142 valence electrons. The molecule has 1 N–H and O–H groups in total. The zero-order valence-electron chi connectivity index (χ0n) is 15.5. The Bertz CT molecular complexity index is 621. The third-order valence-electron chi connectivity index (χ3n) is 4.80. The number of hydrogen-bond donors (Lipinski definition) is 1. The zero-order chi connectivity index (χ0) is 17.7. The molecule has 1 aromatic heterocycles. The van der Waals surface area contributed by atoms with Gasteiger partial charge in [-0.1, -0.05) is 13.8 Å². The van der Waals surface area contributed by atoms with Gasteiger partial charge >= 0.3 is 0 Å². The van der Waals surface area contributed by atoms with Crippen LogP contribution in [0.2, 0.25) is 0 Å². The average molecular weight is 388 g/mol. The molecule has 0 aliphatic carbocycles. The molecule has 2 heterocycles. The van der Waals surface area contributed by atoms with Crippen molar-refractivity contribution in [3.05, 3.63) is 34.2 Å². The van der Waals surface area contributed by atoms with Crippen molar-refractivity contribution in [2.45, 2.75) is 26.3 Å². The summed E-state index contributed by atoms with van der Waals surface area (Å²) in [6, 6.07) is 3.45. The molecule has 1 fully saturated rings. The van der Waals surface area contributed by atoms with Gasteiger partial charge in [0.15, 0.2) is 0 Å². The quantitative estimate of drug-likeness (QED) is 0.729. The lowest BCUT2D eigenvalue weighted by atomic mass is 9.91. The summed E-state index contributed by atoms with van der Waals surface area (Å²) in [5.74, 6) is 1.84. The third kappa shape index (κ3) is 5.76. The summed E-state index contributed by atoms with van der Waals surface area (Å²) in [5.41, 5.74) is -0.0192. The molecule has 0 spiro atoms. The van der Waals surface area contributed by atoms with E-state index >= 15 is 0 Å². The number of carbonyl (C=O) groups is 1. The number of nitrogens with one attached hydrogen (secondary N) is 1. The van der Waals surface area contributed by atoms with Crippen molar-refractivity contribution < 1.29 is 4.79 Å². The van der Waals surface area contributed by atoms with Crippen molar-refractivity contribution in [1.82, 2.24) is 14.8 Å². The van der Waals surface area contributed by atoms with E-state index in [0.29, 0.717) is 11.8 Å². The van der Waals surface area contributed by atoms with Crippen molar-refractivity contribution in [1.29, 1.82) is 0 Å². The van der Waals surface area contributed by atoms with Crippen molar-refractivity contribution in [2.24, 2.45) is 18.9 Å². The van der Waals surface area contributed by atoms with Crippen LogP contribution in [0.25, 0.3) is 0 Å². The number of pyridine rings is 1.